The first-order valence-corrected chi connectivity index (χ1v) is 7.16. The summed E-state index contributed by atoms with van der Waals surface area (Å²) in [6.45, 7) is 2.83. The van der Waals surface area contributed by atoms with Gasteiger partial charge < -0.3 is 0 Å². The van der Waals surface area contributed by atoms with Crippen molar-refractivity contribution in [3.63, 3.8) is 0 Å². The lowest BCUT2D eigenvalue weighted by molar-refractivity contribution is 0.241. The van der Waals surface area contributed by atoms with Crippen LogP contribution in [0, 0.1) is 29.0 Å². The molecule has 3 heteroatoms. The second-order valence-corrected chi connectivity index (χ2v) is 5.97. The first-order chi connectivity index (χ1) is 9.26. The van der Waals surface area contributed by atoms with E-state index in [0.717, 1.165) is 24.9 Å². The van der Waals surface area contributed by atoms with Crippen LogP contribution in [-0.4, -0.2) is 18.0 Å². The quantitative estimate of drug-likeness (QED) is 0.782. The molecule has 0 aromatic heterocycles. The monoisotopic (exact) mass is 258 g/mol. The van der Waals surface area contributed by atoms with Gasteiger partial charge in [-0.15, -0.1) is 0 Å². The van der Waals surface area contributed by atoms with E-state index in [1.807, 2.05) is 12.1 Å². The maximum absolute atomic E-state index is 14.1. The highest BCUT2D eigenvalue weighted by molar-refractivity contribution is 5.34. The highest BCUT2D eigenvalue weighted by Crippen LogP contribution is 2.34. The van der Waals surface area contributed by atoms with Crippen LogP contribution in [0.5, 0.6) is 0 Å². The van der Waals surface area contributed by atoms with Gasteiger partial charge >= 0.3 is 0 Å². The molecule has 0 spiro atoms. The van der Waals surface area contributed by atoms with Gasteiger partial charge in [0.05, 0.1) is 5.56 Å². The Morgan fingerprint density at radius 3 is 2.32 bits per heavy atom. The molecule has 2 aliphatic rings. The third-order valence-electron chi connectivity index (χ3n) is 4.02. The summed E-state index contributed by atoms with van der Waals surface area (Å²) in [6, 6.07) is 7.06. The van der Waals surface area contributed by atoms with Crippen LogP contribution in [0.1, 0.15) is 36.8 Å². The number of halogens is 1. The van der Waals surface area contributed by atoms with Crippen LogP contribution in [0.15, 0.2) is 18.2 Å². The number of hydrogen-bond donors (Lipinski definition) is 0. The van der Waals surface area contributed by atoms with Crippen molar-refractivity contribution < 1.29 is 4.39 Å². The van der Waals surface area contributed by atoms with E-state index in [2.05, 4.69) is 4.90 Å². The summed E-state index contributed by atoms with van der Waals surface area (Å²) in [5.41, 5.74) is 0.829. The molecular formula is C16H19FN2. The summed E-state index contributed by atoms with van der Waals surface area (Å²) in [5.74, 6) is 1.31. The molecule has 2 saturated carbocycles. The summed E-state index contributed by atoms with van der Waals surface area (Å²) >= 11 is 0. The SMILES string of the molecule is N#Cc1cccc(CN(CC2CC2)CC2CC2)c1F. The lowest BCUT2D eigenvalue weighted by atomic mass is 10.1. The number of rotatable bonds is 6. The van der Waals surface area contributed by atoms with E-state index in [1.54, 1.807) is 12.1 Å². The van der Waals surface area contributed by atoms with Gasteiger partial charge in [0.25, 0.3) is 0 Å². The maximum atomic E-state index is 14.1. The Kier molecular flexibility index (Phi) is 3.52. The van der Waals surface area contributed by atoms with Gasteiger partial charge in [-0.1, -0.05) is 12.1 Å². The van der Waals surface area contributed by atoms with Crippen molar-refractivity contribution in [1.29, 1.82) is 5.26 Å². The molecule has 0 amide bonds. The van der Waals surface area contributed by atoms with Crippen molar-refractivity contribution in [2.45, 2.75) is 32.2 Å². The minimum Gasteiger partial charge on any atom is -0.298 e. The lowest BCUT2D eigenvalue weighted by Gasteiger charge is -2.22. The van der Waals surface area contributed by atoms with Crippen LogP contribution < -0.4 is 0 Å². The van der Waals surface area contributed by atoms with Crippen molar-refractivity contribution in [3.05, 3.63) is 35.1 Å². The summed E-state index contributed by atoms with van der Waals surface area (Å²) in [7, 11) is 0. The van der Waals surface area contributed by atoms with E-state index in [1.165, 1.54) is 25.7 Å². The third-order valence-corrected chi connectivity index (χ3v) is 4.02. The Morgan fingerprint density at radius 1 is 1.16 bits per heavy atom. The Hall–Kier alpha value is -1.40. The Bertz CT molecular complexity index is 484. The zero-order chi connectivity index (χ0) is 13.2. The number of nitrogens with zero attached hydrogens (tertiary/aromatic N) is 2. The number of nitriles is 1. The minimum atomic E-state index is -0.332. The van der Waals surface area contributed by atoms with Crippen LogP contribution >= 0.6 is 0 Å². The van der Waals surface area contributed by atoms with E-state index >= 15 is 0 Å². The van der Waals surface area contributed by atoms with E-state index in [0.29, 0.717) is 12.1 Å². The second-order valence-electron chi connectivity index (χ2n) is 5.97. The molecule has 100 valence electrons. The van der Waals surface area contributed by atoms with Gasteiger partial charge in [0, 0.05) is 25.2 Å². The van der Waals surface area contributed by atoms with E-state index in [9.17, 15) is 4.39 Å². The molecule has 0 saturated heterocycles. The predicted molar refractivity (Wildman–Crippen MR) is 71.8 cm³/mol. The van der Waals surface area contributed by atoms with Gasteiger partial charge in [0.15, 0.2) is 0 Å². The van der Waals surface area contributed by atoms with Crippen molar-refractivity contribution in [2.75, 3.05) is 13.1 Å². The molecule has 1 aromatic rings. The third kappa shape index (κ3) is 3.33. The summed E-state index contributed by atoms with van der Waals surface area (Å²) in [5, 5.41) is 8.88. The summed E-state index contributed by atoms with van der Waals surface area (Å²) in [4.78, 5) is 2.38. The Balaban J connectivity index is 1.70. The summed E-state index contributed by atoms with van der Waals surface area (Å²) in [6.07, 6.45) is 5.29. The topological polar surface area (TPSA) is 27.0 Å². The molecule has 3 rings (SSSR count). The van der Waals surface area contributed by atoms with Crippen molar-refractivity contribution in [1.82, 2.24) is 4.90 Å². The van der Waals surface area contributed by atoms with Crippen molar-refractivity contribution >= 4 is 0 Å². The van der Waals surface area contributed by atoms with Gasteiger partial charge in [0.1, 0.15) is 11.9 Å². The molecule has 0 unspecified atom stereocenters. The van der Waals surface area contributed by atoms with E-state index in [4.69, 9.17) is 5.26 Å². The molecule has 2 aliphatic carbocycles. The highest BCUT2D eigenvalue weighted by Gasteiger charge is 2.29. The largest absolute Gasteiger partial charge is 0.298 e. The molecule has 0 heterocycles. The fraction of sp³-hybridized carbons (Fsp3) is 0.562. The van der Waals surface area contributed by atoms with Crippen molar-refractivity contribution in [2.24, 2.45) is 11.8 Å². The molecule has 2 nitrogen and oxygen atoms in total. The predicted octanol–water partition coefficient (Wildman–Crippen LogP) is 3.32. The molecule has 0 N–H and O–H groups in total. The summed E-state index contributed by atoms with van der Waals surface area (Å²) < 4.78 is 14.1. The van der Waals surface area contributed by atoms with Crippen molar-refractivity contribution in [3.8, 4) is 6.07 Å². The van der Waals surface area contributed by atoms with Gasteiger partial charge in [0.2, 0.25) is 0 Å². The van der Waals surface area contributed by atoms with E-state index < -0.39 is 0 Å². The van der Waals surface area contributed by atoms with Crippen LogP contribution in [0.3, 0.4) is 0 Å². The minimum absolute atomic E-state index is 0.162. The van der Waals surface area contributed by atoms with Gasteiger partial charge in [-0.25, -0.2) is 4.39 Å². The first-order valence-electron chi connectivity index (χ1n) is 7.16. The van der Waals surface area contributed by atoms with Crippen LogP contribution in [0.4, 0.5) is 4.39 Å². The molecule has 0 bridgehead atoms. The average molecular weight is 258 g/mol. The molecule has 0 radical (unpaired) electrons. The standard InChI is InChI=1S/C16H19FN2/c17-16-14(8-18)2-1-3-15(16)11-19(9-12-4-5-12)10-13-6-7-13/h1-3,12-13H,4-7,9-11H2. The Morgan fingerprint density at radius 2 is 1.79 bits per heavy atom. The smallest absolute Gasteiger partial charge is 0.145 e. The normalized spacial score (nSPS) is 18.6. The number of benzene rings is 1. The Labute approximate surface area is 113 Å². The van der Waals surface area contributed by atoms with Crippen LogP contribution in [0.25, 0.3) is 0 Å². The zero-order valence-corrected chi connectivity index (χ0v) is 11.1. The lowest BCUT2D eigenvalue weighted by Crippen LogP contribution is -2.28. The van der Waals surface area contributed by atoms with Crippen LogP contribution in [0.2, 0.25) is 0 Å². The maximum Gasteiger partial charge on any atom is 0.145 e. The number of hydrogen-bond acceptors (Lipinski definition) is 2. The van der Waals surface area contributed by atoms with E-state index in [-0.39, 0.29) is 11.4 Å². The fourth-order valence-electron chi connectivity index (χ4n) is 2.56. The van der Waals surface area contributed by atoms with Gasteiger partial charge in [-0.3, -0.25) is 4.90 Å². The first kappa shape index (κ1) is 12.6. The van der Waals surface area contributed by atoms with Gasteiger partial charge in [-0.05, 0) is 43.6 Å². The molecule has 2 fully saturated rings. The molecule has 19 heavy (non-hydrogen) atoms. The van der Waals surface area contributed by atoms with Crippen LogP contribution in [-0.2, 0) is 6.54 Å². The van der Waals surface area contributed by atoms with Gasteiger partial charge in [-0.2, -0.15) is 5.26 Å². The highest BCUT2D eigenvalue weighted by atomic mass is 19.1. The molecule has 1 aromatic carbocycles. The fourth-order valence-corrected chi connectivity index (χ4v) is 2.56. The molecule has 0 aliphatic heterocycles. The second kappa shape index (κ2) is 5.30. The molecular weight excluding hydrogens is 239 g/mol. The molecule has 0 atom stereocenters. The zero-order valence-electron chi connectivity index (χ0n) is 11.1. The average Bonchev–Trinajstić information content (AvgIpc) is 3.28.